The summed E-state index contributed by atoms with van der Waals surface area (Å²) in [5, 5.41) is 11.4. The number of rotatable bonds is 3. The first kappa shape index (κ1) is 16.7. The number of fused-ring (bicyclic) bond motifs is 1. The third kappa shape index (κ3) is 3.34. The predicted octanol–water partition coefficient (Wildman–Crippen LogP) is 4.35. The normalized spacial score (nSPS) is 18.0. The molecule has 25 heavy (non-hydrogen) atoms. The molecule has 0 radical (unpaired) electrons. The number of aliphatic hydroxyl groups excluding tert-OH is 1. The number of hydrogen-bond acceptors (Lipinski definition) is 3. The Morgan fingerprint density at radius 3 is 2.84 bits per heavy atom. The molecule has 1 aliphatic rings. The van der Waals surface area contributed by atoms with Crippen molar-refractivity contribution in [1.82, 2.24) is 9.55 Å². The Morgan fingerprint density at radius 1 is 1.16 bits per heavy atom. The van der Waals surface area contributed by atoms with Crippen LogP contribution >= 0.6 is 23.2 Å². The molecule has 130 valence electrons. The molecule has 1 aromatic heterocycles. The maximum atomic E-state index is 10.1. The smallest absolute Gasteiger partial charge is 0.206 e. The Labute approximate surface area is 156 Å². The van der Waals surface area contributed by atoms with Gasteiger partial charge >= 0.3 is 0 Å². The standard InChI is InChI=1S/C19H19Cl2N3O/c20-14-7-8-16(21)13(10-14)11-24-18-6-2-1-5-17(18)22-19(24)23-9-3-4-15(25)12-23/h1-2,5-8,10,15,25H,3-4,9,11-12H2/t15-/m0/s1. The molecule has 4 rings (SSSR count). The third-order valence-corrected chi connectivity index (χ3v) is 5.25. The van der Waals surface area contributed by atoms with Gasteiger partial charge in [0.05, 0.1) is 23.7 Å². The van der Waals surface area contributed by atoms with Crippen LogP contribution in [0.5, 0.6) is 0 Å². The number of para-hydroxylation sites is 2. The summed E-state index contributed by atoms with van der Waals surface area (Å²) < 4.78 is 2.16. The SMILES string of the molecule is O[C@H]1CCCN(c2nc3ccccc3n2Cc2cc(Cl)ccc2Cl)C1. The van der Waals surface area contributed by atoms with E-state index in [1.54, 1.807) is 6.07 Å². The third-order valence-electron chi connectivity index (χ3n) is 4.65. The summed E-state index contributed by atoms with van der Waals surface area (Å²) in [5.74, 6) is 0.871. The zero-order chi connectivity index (χ0) is 17.4. The first-order chi connectivity index (χ1) is 12.1. The van der Waals surface area contributed by atoms with Crippen molar-refractivity contribution in [3.8, 4) is 0 Å². The first-order valence-corrected chi connectivity index (χ1v) is 9.19. The van der Waals surface area contributed by atoms with Crippen LogP contribution in [0.25, 0.3) is 11.0 Å². The van der Waals surface area contributed by atoms with Gasteiger partial charge in [0.25, 0.3) is 0 Å². The van der Waals surface area contributed by atoms with Crippen molar-refractivity contribution in [1.29, 1.82) is 0 Å². The minimum atomic E-state index is -0.309. The first-order valence-electron chi connectivity index (χ1n) is 8.44. The molecular formula is C19H19Cl2N3O. The number of imidazole rings is 1. The van der Waals surface area contributed by atoms with E-state index in [9.17, 15) is 5.11 Å². The number of aromatic nitrogens is 2. The molecule has 6 heteroatoms. The molecule has 0 saturated carbocycles. The van der Waals surface area contributed by atoms with Gasteiger partial charge < -0.3 is 14.6 Å². The molecule has 3 aromatic rings. The van der Waals surface area contributed by atoms with E-state index < -0.39 is 0 Å². The van der Waals surface area contributed by atoms with Gasteiger partial charge in [0, 0.05) is 23.1 Å². The van der Waals surface area contributed by atoms with E-state index in [2.05, 4.69) is 15.5 Å². The maximum absolute atomic E-state index is 10.1. The van der Waals surface area contributed by atoms with E-state index in [4.69, 9.17) is 28.2 Å². The van der Waals surface area contributed by atoms with E-state index in [0.717, 1.165) is 41.9 Å². The second-order valence-corrected chi connectivity index (χ2v) is 7.31. The summed E-state index contributed by atoms with van der Waals surface area (Å²) in [4.78, 5) is 6.98. The largest absolute Gasteiger partial charge is 0.391 e. The fraction of sp³-hybridized carbons (Fsp3) is 0.316. The molecule has 1 fully saturated rings. The van der Waals surface area contributed by atoms with E-state index in [-0.39, 0.29) is 6.10 Å². The van der Waals surface area contributed by atoms with Gasteiger partial charge in [0.1, 0.15) is 0 Å². The molecule has 1 saturated heterocycles. The number of halogens is 2. The molecule has 4 nitrogen and oxygen atoms in total. The molecule has 1 N–H and O–H groups in total. The molecular weight excluding hydrogens is 357 g/mol. The average Bonchev–Trinajstić information content (AvgIpc) is 2.97. The minimum Gasteiger partial charge on any atom is -0.391 e. The van der Waals surface area contributed by atoms with Crippen molar-refractivity contribution in [3.63, 3.8) is 0 Å². The van der Waals surface area contributed by atoms with E-state index in [1.165, 1.54) is 0 Å². The van der Waals surface area contributed by atoms with Crippen molar-refractivity contribution in [2.45, 2.75) is 25.5 Å². The van der Waals surface area contributed by atoms with Gasteiger partial charge in [-0.2, -0.15) is 0 Å². The zero-order valence-corrected chi connectivity index (χ0v) is 15.2. The van der Waals surface area contributed by atoms with Crippen molar-refractivity contribution < 1.29 is 5.11 Å². The highest BCUT2D eigenvalue weighted by Gasteiger charge is 2.23. The zero-order valence-electron chi connectivity index (χ0n) is 13.7. The average molecular weight is 376 g/mol. The molecule has 0 bridgehead atoms. The molecule has 1 aliphatic heterocycles. The molecule has 1 atom stereocenters. The van der Waals surface area contributed by atoms with Gasteiger partial charge in [-0.25, -0.2) is 4.98 Å². The summed E-state index contributed by atoms with van der Waals surface area (Å²) in [6.07, 6.45) is 1.50. The quantitative estimate of drug-likeness (QED) is 0.739. The van der Waals surface area contributed by atoms with Crippen molar-refractivity contribution in [3.05, 3.63) is 58.1 Å². The van der Waals surface area contributed by atoms with Crippen LogP contribution in [0.2, 0.25) is 10.0 Å². The fourth-order valence-corrected chi connectivity index (χ4v) is 3.80. The lowest BCUT2D eigenvalue weighted by Gasteiger charge is -2.31. The van der Waals surface area contributed by atoms with Crippen LogP contribution in [-0.4, -0.2) is 33.9 Å². The molecule has 2 aromatic carbocycles. The maximum Gasteiger partial charge on any atom is 0.206 e. The Kier molecular flexibility index (Phi) is 4.59. The summed E-state index contributed by atoms with van der Waals surface area (Å²) in [6.45, 7) is 2.08. The van der Waals surface area contributed by atoms with Crippen LogP contribution in [0.4, 0.5) is 5.95 Å². The summed E-state index contributed by atoms with van der Waals surface area (Å²) in [6, 6.07) is 13.6. The second-order valence-electron chi connectivity index (χ2n) is 6.46. The predicted molar refractivity (Wildman–Crippen MR) is 103 cm³/mol. The van der Waals surface area contributed by atoms with Crippen molar-refractivity contribution >= 4 is 40.2 Å². The lowest BCUT2D eigenvalue weighted by molar-refractivity contribution is 0.153. The molecule has 0 aliphatic carbocycles. The van der Waals surface area contributed by atoms with E-state index >= 15 is 0 Å². The molecule has 0 amide bonds. The minimum absolute atomic E-state index is 0.309. The van der Waals surface area contributed by atoms with Crippen LogP contribution in [0.1, 0.15) is 18.4 Å². The Balaban J connectivity index is 1.80. The lowest BCUT2D eigenvalue weighted by atomic mass is 10.1. The van der Waals surface area contributed by atoms with E-state index in [0.29, 0.717) is 23.1 Å². The van der Waals surface area contributed by atoms with Crippen LogP contribution in [0, 0.1) is 0 Å². The number of aliphatic hydroxyl groups is 1. The Bertz CT molecular complexity index is 909. The number of nitrogens with zero attached hydrogens (tertiary/aromatic N) is 3. The fourth-order valence-electron chi connectivity index (χ4n) is 3.43. The molecule has 2 heterocycles. The summed E-state index contributed by atoms with van der Waals surface area (Å²) in [7, 11) is 0. The van der Waals surface area contributed by atoms with Crippen molar-refractivity contribution in [2.24, 2.45) is 0 Å². The Morgan fingerprint density at radius 2 is 2.00 bits per heavy atom. The topological polar surface area (TPSA) is 41.3 Å². The number of benzene rings is 2. The molecule has 0 spiro atoms. The summed E-state index contributed by atoms with van der Waals surface area (Å²) in [5.41, 5.74) is 2.94. The summed E-state index contributed by atoms with van der Waals surface area (Å²) >= 11 is 12.5. The van der Waals surface area contributed by atoms with Gasteiger partial charge in [0.2, 0.25) is 5.95 Å². The van der Waals surface area contributed by atoms with Crippen LogP contribution in [0.3, 0.4) is 0 Å². The number of anilines is 1. The van der Waals surface area contributed by atoms with Gasteiger partial charge in [-0.3, -0.25) is 0 Å². The van der Waals surface area contributed by atoms with Crippen molar-refractivity contribution in [2.75, 3.05) is 18.0 Å². The Hall–Kier alpha value is -1.75. The van der Waals surface area contributed by atoms with Crippen LogP contribution < -0.4 is 4.90 Å². The van der Waals surface area contributed by atoms with Gasteiger partial charge in [-0.1, -0.05) is 35.3 Å². The van der Waals surface area contributed by atoms with Crippen LogP contribution in [0.15, 0.2) is 42.5 Å². The highest BCUT2D eigenvalue weighted by atomic mass is 35.5. The monoisotopic (exact) mass is 375 g/mol. The molecule has 0 unspecified atom stereocenters. The van der Waals surface area contributed by atoms with Gasteiger partial charge in [-0.15, -0.1) is 0 Å². The number of piperidine rings is 1. The number of hydrogen-bond donors (Lipinski definition) is 1. The highest BCUT2D eigenvalue weighted by molar-refractivity contribution is 6.33. The second kappa shape index (κ2) is 6.87. The lowest BCUT2D eigenvalue weighted by Crippen LogP contribution is -2.39. The van der Waals surface area contributed by atoms with Gasteiger partial charge in [0.15, 0.2) is 0 Å². The van der Waals surface area contributed by atoms with Crippen LogP contribution in [-0.2, 0) is 6.54 Å². The van der Waals surface area contributed by atoms with E-state index in [1.807, 2.05) is 30.3 Å². The number of β-amino-alcohol motifs (C(OH)–C–C–N with tert-alkyl or cyclic N) is 1. The highest BCUT2D eigenvalue weighted by Crippen LogP contribution is 2.29. The van der Waals surface area contributed by atoms with Gasteiger partial charge in [-0.05, 0) is 48.7 Å².